The standard InChI is InChI=1S/C10H11ClFNO.ClH/c1-2-3-9(13)7-4-6(11)5-8(12)10(7)14;/h2,4-5,9,14H,1,3,13H2;1H/t9-;/m1./s1. The Kier molecular flexibility index (Phi) is 5.65. The number of halogens is 3. The van der Waals surface area contributed by atoms with Gasteiger partial charge in [-0.3, -0.25) is 0 Å². The Morgan fingerprint density at radius 1 is 1.60 bits per heavy atom. The maximum atomic E-state index is 13.0. The first-order valence-corrected chi connectivity index (χ1v) is 4.48. The van der Waals surface area contributed by atoms with Crippen molar-refractivity contribution in [1.29, 1.82) is 0 Å². The topological polar surface area (TPSA) is 46.2 Å². The molecule has 0 aromatic heterocycles. The second kappa shape index (κ2) is 5.95. The molecule has 0 saturated heterocycles. The number of phenols is 1. The second-order valence-corrected chi connectivity index (χ2v) is 3.39. The molecule has 0 aliphatic carbocycles. The molecule has 0 aliphatic heterocycles. The minimum Gasteiger partial charge on any atom is -0.505 e. The van der Waals surface area contributed by atoms with E-state index in [-0.39, 0.29) is 17.4 Å². The summed E-state index contributed by atoms with van der Waals surface area (Å²) in [5.41, 5.74) is 5.99. The highest BCUT2D eigenvalue weighted by Crippen LogP contribution is 2.30. The van der Waals surface area contributed by atoms with Gasteiger partial charge in [-0.05, 0) is 18.6 Å². The van der Waals surface area contributed by atoms with Gasteiger partial charge in [0.25, 0.3) is 0 Å². The maximum Gasteiger partial charge on any atom is 0.166 e. The van der Waals surface area contributed by atoms with E-state index in [1.54, 1.807) is 6.08 Å². The molecule has 0 radical (unpaired) electrons. The summed E-state index contributed by atoms with van der Waals surface area (Å²) in [6.07, 6.45) is 2.05. The van der Waals surface area contributed by atoms with Crippen LogP contribution in [-0.4, -0.2) is 5.11 Å². The molecule has 1 aromatic carbocycles. The fraction of sp³-hybridized carbons (Fsp3) is 0.200. The van der Waals surface area contributed by atoms with Crippen molar-refractivity contribution in [1.82, 2.24) is 0 Å². The Labute approximate surface area is 99.0 Å². The molecule has 0 spiro atoms. The molecule has 3 N–H and O–H groups in total. The average molecular weight is 252 g/mol. The fourth-order valence-electron chi connectivity index (χ4n) is 1.18. The van der Waals surface area contributed by atoms with E-state index in [9.17, 15) is 9.50 Å². The highest BCUT2D eigenvalue weighted by Gasteiger charge is 2.14. The van der Waals surface area contributed by atoms with E-state index < -0.39 is 17.6 Å². The van der Waals surface area contributed by atoms with Gasteiger partial charge in [-0.25, -0.2) is 4.39 Å². The minimum atomic E-state index is -0.757. The van der Waals surface area contributed by atoms with Crippen LogP contribution >= 0.6 is 24.0 Å². The van der Waals surface area contributed by atoms with Crippen LogP contribution in [0.2, 0.25) is 5.02 Å². The number of hydrogen-bond acceptors (Lipinski definition) is 2. The molecule has 0 heterocycles. The van der Waals surface area contributed by atoms with Gasteiger partial charge >= 0.3 is 0 Å². The van der Waals surface area contributed by atoms with Crippen molar-refractivity contribution in [2.75, 3.05) is 0 Å². The van der Waals surface area contributed by atoms with Crippen LogP contribution in [0, 0.1) is 5.82 Å². The van der Waals surface area contributed by atoms with Crippen LogP contribution in [0.3, 0.4) is 0 Å². The molecule has 0 amide bonds. The number of hydrogen-bond donors (Lipinski definition) is 2. The van der Waals surface area contributed by atoms with Crippen molar-refractivity contribution >= 4 is 24.0 Å². The molecule has 1 rings (SSSR count). The average Bonchev–Trinajstić information content (AvgIpc) is 2.11. The molecule has 2 nitrogen and oxygen atoms in total. The molecule has 15 heavy (non-hydrogen) atoms. The first kappa shape index (κ1) is 14.2. The molecule has 5 heteroatoms. The van der Waals surface area contributed by atoms with Crippen LogP contribution in [0.1, 0.15) is 18.0 Å². The van der Waals surface area contributed by atoms with Crippen LogP contribution in [0.25, 0.3) is 0 Å². The van der Waals surface area contributed by atoms with Gasteiger partial charge < -0.3 is 10.8 Å². The first-order valence-electron chi connectivity index (χ1n) is 4.10. The molecule has 1 atom stereocenters. The van der Waals surface area contributed by atoms with E-state index in [0.717, 1.165) is 6.07 Å². The lowest BCUT2D eigenvalue weighted by atomic mass is 10.0. The van der Waals surface area contributed by atoms with E-state index in [1.165, 1.54) is 6.07 Å². The van der Waals surface area contributed by atoms with E-state index in [0.29, 0.717) is 12.0 Å². The fourth-order valence-corrected chi connectivity index (χ4v) is 1.39. The lowest BCUT2D eigenvalue weighted by Crippen LogP contribution is -2.09. The maximum absolute atomic E-state index is 13.0. The Bertz CT molecular complexity index is 358. The van der Waals surface area contributed by atoms with Crippen molar-refractivity contribution in [2.24, 2.45) is 5.73 Å². The number of benzene rings is 1. The minimum absolute atomic E-state index is 0. The molecular formula is C10H12Cl2FNO. The van der Waals surface area contributed by atoms with Crippen molar-refractivity contribution in [3.8, 4) is 5.75 Å². The van der Waals surface area contributed by atoms with Gasteiger partial charge in [-0.15, -0.1) is 19.0 Å². The molecular weight excluding hydrogens is 240 g/mol. The lowest BCUT2D eigenvalue weighted by molar-refractivity contribution is 0.421. The molecule has 1 aromatic rings. The van der Waals surface area contributed by atoms with Gasteiger partial charge in [-0.2, -0.15) is 0 Å². The largest absolute Gasteiger partial charge is 0.505 e. The van der Waals surface area contributed by atoms with Crippen LogP contribution < -0.4 is 5.73 Å². The van der Waals surface area contributed by atoms with Crippen LogP contribution in [0.4, 0.5) is 4.39 Å². The molecule has 0 fully saturated rings. The van der Waals surface area contributed by atoms with Gasteiger partial charge in [0.15, 0.2) is 11.6 Å². The summed E-state index contributed by atoms with van der Waals surface area (Å²) in [5, 5.41) is 9.59. The first-order chi connectivity index (χ1) is 6.56. The number of nitrogens with two attached hydrogens (primary N) is 1. The molecule has 0 saturated carbocycles. The van der Waals surface area contributed by atoms with Crippen molar-refractivity contribution in [3.63, 3.8) is 0 Å². The summed E-state index contributed by atoms with van der Waals surface area (Å²) in [6.45, 7) is 3.51. The predicted molar refractivity (Wildman–Crippen MR) is 62.1 cm³/mol. The quantitative estimate of drug-likeness (QED) is 0.811. The van der Waals surface area contributed by atoms with Gasteiger partial charge in [0.1, 0.15) is 0 Å². The summed E-state index contributed by atoms with van der Waals surface area (Å²) in [7, 11) is 0. The van der Waals surface area contributed by atoms with Gasteiger partial charge in [-0.1, -0.05) is 17.7 Å². The van der Waals surface area contributed by atoms with Crippen molar-refractivity contribution < 1.29 is 9.50 Å². The number of aromatic hydroxyl groups is 1. The molecule has 0 aliphatic rings. The monoisotopic (exact) mass is 251 g/mol. The van der Waals surface area contributed by atoms with Gasteiger partial charge in [0.05, 0.1) is 0 Å². The third-order valence-corrected chi connectivity index (χ3v) is 2.10. The van der Waals surface area contributed by atoms with Crippen molar-refractivity contribution in [2.45, 2.75) is 12.5 Å². The summed E-state index contributed by atoms with van der Waals surface area (Å²) in [5.74, 6) is -1.20. The van der Waals surface area contributed by atoms with Gasteiger partial charge in [0.2, 0.25) is 0 Å². The molecule has 84 valence electrons. The number of rotatable bonds is 3. The summed E-state index contributed by atoms with van der Waals surface area (Å²) in [6, 6.07) is 2.01. The zero-order chi connectivity index (χ0) is 10.7. The molecule has 0 bridgehead atoms. The normalized spacial score (nSPS) is 11.7. The van der Waals surface area contributed by atoms with E-state index >= 15 is 0 Å². The highest BCUT2D eigenvalue weighted by molar-refractivity contribution is 6.30. The third-order valence-electron chi connectivity index (χ3n) is 1.88. The number of phenolic OH excluding ortho intramolecular Hbond substituents is 1. The van der Waals surface area contributed by atoms with Crippen LogP contribution in [-0.2, 0) is 0 Å². The zero-order valence-electron chi connectivity index (χ0n) is 7.91. The lowest BCUT2D eigenvalue weighted by Gasteiger charge is -2.12. The smallest absolute Gasteiger partial charge is 0.166 e. The Morgan fingerprint density at radius 3 is 2.73 bits per heavy atom. The van der Waals surface area contributed by atoms with E-state index in [4.69, 9.17) is 17.3 Å². The van der Waals surface area contributed by atoms with Crippen molar-refractivity contribution in [3.05, 3.63) is 41.2 Å². The summed E-state index contributed by atoms with van der Waals surface area (Å²) in [4.78, 5) is 0. The van der Waals surface area contributed by atoms with E-state index in [1.807, 2.05) is 0 Å². The highest BCUT2D eigenvalue weighted by atomic mass is 35.5. The summed E-state index contributed by atoms with van der Waals surface area (Å²) < 4.78 is 13.0. The Hall–Kier alpha value is -0.770. The Balaban J connectivity index is 0.00000196. The molecule has 0 unspecified atom stereocenters. The zero-order valence-corrected chi connectivity index (χ0v) is 9.48. The predicted octanol–water partition coefficient (Wildman–Crippen LogP) is 3.18. The van der Waals surface area contributed by atoms with Crippen LogP contribution in [0.5, 0.6) is 5.75 Å². The SMILES string of the molecule is C=CC[C@@H](N)c1cc(Cl)cc(F)c1O.Cl. The second-order valence-electron chi connectivity index (χ2n) is 2.96. The third kappa shape index (κ3) is 3.38. The summed E-state index contributed by atoms with van der Waals surface area (Å²) >= 11 is 5.63. The Morgan fingerprint density at radius 2 is 2.20 bits per heavy atom. The van der Waals surface area contributed by atoms with Crippen LogP contribution in [0.15, 0.2) is 24.8 Å². The van der Waals surface area contributed by atoms with E-state index in [2.05, 4.69) is 6.58 Å². The van der Waals surface area contributed by atoms with Gasteiger partial charge in [0, 0.05) is 16.6 Å².